The maximum absolute atomic E-state index is 13.5. The van der Waals surface area contributed by atoms with Gasteiger partial charge in [0.15, 0.2) is 5.16 Å². The molecule has 4 rings (SSSR count). The summed E-state index contributed by atoms with van der Waals surface area (Å²) in [6.07, 6.45) is 1.78. The van der Waals surface area contributed by atoms with Gasteiger partial charge in [-0.1, -0.05) is 36.0 Å². The van der Waals surface area contributed by atoms with Crippen LogP contribution in [0.3, 0.4) is 0 Å². The zero-order chi connectivity index (χ0) is 24.1. The fourth-order valence-electron chi connectivity index (χ4n) is 3.68. The topological polar surface area (TPSA) is 92.1 Å². The second-order valence-electron chi connectivity index (χ2n) is 7.86. The number of hydrogen-bond donors (Lipinski definition) is 0. The van der Waals surface area contributed by atoms with Crippen LogP contribution in [0, 0.1) is 25.2 Å². The zero-order valence-corrected chi connectivity index (χ0v) is 19.8. The maximum Gasteiger partial charge on any atom is 0.266 e. The lowest BCUT2D eigenvalue weighted by Gasteiger charge is -2.21. The number of thioether (sulfide) groups is 1. The summed E-state index contributed by atoms with van der Waals surface area (Å²) in [6.45, 7) is 4.55. The molecule has 0 N–H and O–H groups in total. The molecule has 4 aromatic rings. The summed E-state index contributed by atoms with van der Waals surface area (Å²) >= 11 is 1.22. The Morgan fingerprint density at radius 1 is 1.15 bits per heavy atom. The average Bonchev–Trinajstić information content (AvgIpc) is 3.36. The minimum atomic E-state index is -0.175. The molecule has 172 valence electrons. The van der Waals surface area contributed by atoms with Gasteiger partial charge in [0.1, 0.15) is 5.76 Å². The molecule has 34 heavy (non-hydrogen) atoms. The Kier molecular flexibility index (Phi) is 7.14. The van der Waals surface area contributed by atoms with E-state index in [-0.39, 0.29) is 30.2 Å². The second kappa shape index (κ2) is 10.4. The van der Waals surface area contributed by atoms with Crippen LogP contribution in [0.15, 0.2) is 75.2 Å². The van der Waals surface area contributed by atoms with Crippen molar-refractivity contribution in [1.29, 1.82) is 5.26 Å². The molecule has 0 saturated heterocycles. The summed E-state index contributed by atoms with van der Waals surface area (Å²) in [5.41, 5.74) is 3.19. The molecule has 0 radical (unpaired) electrons. The Labute approximate surface area is 201 Å². The van der Waals surface area contributed by atoms with Gasteiger partial charge in [-0.25, -0.2) is 4.98 Å². The molecular weight excluding hydrogens is 448 g/mol. The summed E-state index contributed by atoms with van der Waals surface area (Å²) in [7, 11) is 0. The summed E-state index contributed by atoms with van der Waals surface area (Å²) < 4.78 is 6.97. The molecule has 8 heteroatoms. The van der Waals surface area contributed by atoms with Crippen molar-refractivity contribution < 1.29 is 9.21 Å². The van der Waals surface area contributed by atoms with Crippen molar-refractivity contribution in [1.82, 2.24) is 14.5 Å². The fraction of sp³-hybridized carbons (Fsp3) is 0.231. The lowest BCUT2D eigenvalue weighted by molar-refractivity contribution is -0.129. The molecule has 2 aromatic heterocycles. The predicted molar refractivity (Wildman–Crippen MR) is 132 cm³/mol. The standard InChI is InChI=1S/C26H24N4O3S/c1-18-8-5-12-23(19(18)2)30-25(32)21-10-3-4-11-22(21)28-26(30)34-17-24(31)29(14-7-13-27)16-20-9-6-15-33-20/h3-6,8-12,15H,7,14,16-17H2,1-2H3. The zero-order valence-electron chi connectivity index (χ0n) is 19.0. The van der Waals surface area contributed by atoms with Crippen LogP contribution in [0.1, 0.15) is 23.3 Å². The van der Waals surface area contributed by atoms with Gasteiger partial charge in [-0.3, -0.25) is 14.2 Å². The van der Waals surface area contributed by atoms with Crippen LogP contribution in [0.2, 0.25) is 0 Å². The molecule has 0 saturated carbocycles. The molecule has 0 aliphatic heterocycles. The summed E-state index contributed by atoms with van der Waals surface area (Å²) in [5.74, 6) is 0.556. The SMILES string of the molecule is Cc1cccc(-n2c(SCC(=O)N(CCC#N)Cc3ccco3)nc3ccccc3c2=O)c1C. The van der Waals surface area contributed by atoms with Crippen molar-refractivity contribution in [3.05, 3.63) is 88.1 Å². The number of nitrogens with zero attached hydrogens (tertiary/aromatic N) is 4. The number of rotatable bonds is 8. The van der Waals surface area contributed by atoms with Gasteiger partial charge < -0.3 is 9.32 Å². The molecule has 0 atom stereocenters. The van der Waals surface area contributed by atoms with Gasteiger partial charge in [-0.2, -0.15) is 5.26 Å². The van der Waals surface area contributed by atoms with E-state index >= 15 is 0 Å². The normalized spacial score (nSPS) is 10.9. The maximum atomic E-state index is 13.5. The number of aromatic nitrogens is 2. The first-order valence-corrected chi connectivity index (χ1v) is 11.9. The summed E-state index contributed by atoms with van der Waals surface area (Å²) in [6, 6.07) is 18.7. The Morgan fingerprint density at radius 2 is 1.97 bits per heavy atom. The number of aryl methyl sites for hydroxylation is 1. The third-order valence-corrected chi connectivity index (χ3v) is 6.58. The van der Waals surface area contributed by atoms with E-state index in [1.807, 2.05) is 44.2 Å². The van der Waals surface area contributed by atoms with E-state index in [1.54, 1.807) is 40.0 Å². The molecule has 7 nitrogen and oxygen atoms in total. The molecule has 0 aliphatic carbocycles. The number of fused-ring (bicyclic) bond motifs is 1. The Balaban J connectivity index is 1.69. The number of carbonyl (C=O) groups excluding carboxylic acids is 1. The van der Waals surface area contributed by atoms with Crippen LogP contribution in [0.4, 0.5) is 0 Å². The first kappa shape index (κ1) is 23.3. The van der Waals surface area contributed by atoms with Gasteiger partial charge in [-0.15, -0.1) is 0 Å². The third kappa shape index (κ3) is 4.90. The van der Waals surface area contributed by atoms with Crippen LogP contribution < -0.4 is 5.56 Å². The van der Waals surface area contributed by atoms with Crippen molar-refractivity contribution in [3.8, 4) is 11.8 Å². The number of benzene rings is 2. The molecule has 1 amide bonds. The van der Waals surface area contributed by atoms with Crippen molar-refractivity contribution in [2.75, 3.05) is 12.3 Å². The largest absolute Gasteiger partial charge is 0.467 e. The molecule has 2 aromatic carbocycles. The number of nitriles is 1. The average molecular weight is 473 g/mol. The fourth-order valence-corrected chi connectivity index (χ4v) is 4.59. The molecular formula is C26H24N4O3S. The number of furan rings is 1. The van der Waals surface area contributed by atoms with Gasteiger partial charge >= 0.3 is 0 Å². The Bertz CT molecular complexity index is 1420. The summed E-state index contributed by atoms with van der Waals surface area (Å²) in [5, 5.41) is 9.98. The van der Waals surface area contributed by atoms with E-state index in [9.17, 15) is 9.59 Å². The Hall–Kier alpha value is -3.83. The first-order valence-electron chi connectivity index (χ1n) is 10.9. The van der Waals surface area contributed by atoms with Crippen LogP contribution >= 0.6 is 11.8 Å². The van der Waals surface area contributed by atoms with E-state index in [4.69, 9.17) is 14.7 Å². The van der Waals surface area contributed by atoms with Crippen molar-refractivity contribution in [3.63, 3.8) is 0 Å². The van der Waals surface area contributed by atoms with Crippen molar-refractivity contribution in [2.24, 2.45) is 0 Å². The van der Waals surface area contributed by atoms with E-state index < -0.39 is 0 Å². The van der Waals surface area contributed by atoms with Gasteiger partial charge in [0.05, 0.1) is 47.6 Å². The van der Waals surface area contributed by atoms with Gasteiger partial charge in [-0.05, 0) is 55.3 Å². The minimum Gasteiger partial charge on any atom is -0.467 e. The van der Waals surface area contributed by atoms with Crippen LogP contribution in [0.5, 0.6) is 0 Å². The van der Waals surface area contributed by atoms with E-state index in [0.717, 1.165) is 16.8 Å². The van der Waals surface area contributed by atoms with Gasteiger partial charge in [0, 0.05) is 6.54 Å². The lowest BCUT2D eigenvalue weighted by atomic mass is 10.1. The summed E-state index contributed by atoms with van der Waals surface area (Å²) in [4.78, 5) is 32.9. The molecule has 0 aliphatic rings. The molecule has 0 fully saturated rings. The third-order valence-electron chi connectivity index (χ3n) is 5.66. The van der Waals surface area contributed by atoms with Crippen LogP contribution in [0.25, 0.3) is 16.6 Å². The smallest absolute Gasteiger partial charge is 0.266 e. The number of hydrogen-bond acceptors (Lipinski definition) is 6. The molecule has 0 bridgehead atoms. The number of amides is 1. The Morgan fingerprint density at radius 3 is 2.74 bits per heavy atom. The minimum absolute atomic E-state index is 0.0712. The first-order chi connectivity index (χ1) is 16.5. The highest BCUT2D eigenvalue weighted by Crippen LogP contribution is 2.25. The van der Waals surface area contributed by atoms with Gasteiger partial charge in [0.2, 0.25) is 5.91 Å². The van der Waals surface area contributed by atoms with E-state index in [1.165, 1.54) is 11.8 Å². The second-order valence-corrected chi connectivity index (χ2v) is 8.81. The number of para-hydroxylation sites is 1. The van der Waals surface area contributed by atoms with E-state index in [0.29, 0.717) is 28.4 Å². The lowest BCUT2D eigenvalue weighted by Crippen LogP contribution is -2.33. The molecule has 0 unspecified atom stereocenters. The number of carbonyl (C=O) groups is 1. The van der Waals surface area contributed by atoms with Crippen LogP contribution in [-0.4, -0.2) is 32.7 Å². The highest BCUT2D eigenvalue weighted by molar-refractivity contribution is 7.99. The monoisotopic (exact) mass is 472 g/mol. The van der Waals surface area contributed by atoms with Gasteiger partial charge in [0.25, 0.3) is 5.56 Å². The molecule has 0 spiro atoms. The highest BCUT2D eigenvalue weighted by atomic mass is 32.2. The van der Waals surface area contributed by atoms with Crippen molar-refractivity contribution >= 4 is 28.6 Å². The van der Waals surface area contributed by atoms with E-state index in [2.05, 4.69) is 6.07 Å². The molecule has 2 heterocycles. The van der Waals surface area contributed by atoms with Crippen molar-refractivity contribution in [2.45, 2.75) is 32.0 Å². The quantitative estimate of drug-likeness (QED) is 0.274. The highest BCUT2D eigenvalue weighted by Gasteiger charge is 2.20. The predicted octanol–water partition coefficient (Wildman–Crippen LogP) is 4.63. The van der Waals surface area contributed by atoms with Crippen LogP contribution in [-0.2, 0) is 11.3 Å².